The predicted octanol–water partition coefficient (Wildman–Crippen LogP) is 3.64. The van der Waals surface area contributed by atoms with Crippen LogP contribution in [0.5, 0.6) is 0 Å². The molecule has 0 bridgehead atoms. The van der Waals surface area contributed by atoms with Crippen molar-refractivity contribution in [3.8, 4) is 0 Å². The molecule has 16 heavy (non-hydrogen) atoms. The standard InChI is InChI=1S/C14H28O2/c1-5-6-7-8-16-14-10-11(2)13(15-4)9-12(14)3/h11-14H,5-10H2,1-4H3. The van der Waals surface area contributed by atoms with E-state index in [0.717, 1.165) is 19.4 Å². The third-order valence-electron chi connectivity index (χ3n) is 3.86. The number of methoxy groups -OCH3 is 1. The van der Waals surface area contributed by atoms with Crippen molar-refractivity contribution in [3.63, 3.8) is 0 Å². The SMILES string of the molecule is CCCCCOC1CC(C)C(OC)CC1C. The molecule has 2 nitrogen and oxygen atoms in total. The molecule has 0 aromatic carbocycles. The average Bonchev–Trinajstić information content (AvgIpc) is 2.28. The molecular formula is C14H28O2. The van der Waals surface area contributed by atoms with Gasteiger partial charge in [0.1, 0.15) is 0 Å². The molecule has 1 rings (SSSR count). The maximum absolute atomic E-state index is 6.00. The summed E-state index contributed by atoms with van der Waals surface area (Å²) in [5, 5.41) is 0. The molecule has 4 unspecified atom stereocenters. The normalized spacial score (nSPS) is 35.2. The number of rotatable bonds is 6. The molecule has 1 aliphatic carbocycles. The summed E-state index contributed by atoms with van der Waals surface area (Å²) >= 11 is 0. The summed E-state index contributed by atoms with van der Waals surface area (Å²) in [6.07, 6.45) is 6.97. The summed E-state index contributed by atoms with van der Waals surface area (Å²) in [7, 11) is 1.83. The Morgan fingerprint density at radius 2 is 1.62 bits per heavy atom. The van der Waals surface area contributed by atoms with Gasteiger partial charge in [0.15, 0.2) is 0 Å². The maximum atomic E-state index is 6.00. The van der Waals surface area contributed by atoms with Crippen LogP contribution >= 0.6 is 0 Å². The Hall–Kier alpha value is -0.0800. The Labute approximate surface area is 101 Å². The van der Waals surface area contributed by atoms with Crippen LogP contribution in [-0.2, 0) is 9.47 Å². The van der Waals surface area contributed by atoms with E-state index < -0.39 is 0 Å². The van der Waals surface area contributed by atoms with E-state index in [0.29, 0.717) is 24.0 Å². The van der Waals surface area contributed by atoms with Crippen molar-refractivity contribution >= 4 is 0 Å². The molecule has 2 heteroatoms. The first-order chi connectivity index (χ1) is 7.69. The number of unbranched alkanes of at least 4 members (excludes halogenated alkanes) is 2. The molecule has 0 spiro atoms. The molecule has 0 aromatic heterocycles. The van der Waals surface area contributed by atoms with Crippen molar-refractivity contribution in [1.82, 2.24) is 0 Å². The lowest BCUT2D eigenvalue weighted by Crippen LogP contribution is -2.38. The Morgan fingerprint density at radius 1 is 1.00 bits per heavy atom. The predicted molar refractivity (Wildman–Crippen MR) is 67.6 cm³/mol. The Morgan fingerprint density at radius 3 is 2.25 bits per heavy atom. The van der Waals surface area contributed by atoms with Crippen LogP contribution in [0, 0.1) is 11.8 Å². The van der Waals surface area contributed by atoms with Crippen LogP contribution in [0.15, 0.2) is 0 Å². The van der Waals surface area contributed by atoms with Crippen LogP contribution in [0.2, 0.25) is 0 Å². The van der Waals surface area contributed by atoms with Crippen LogP contribution in [0.4, 0.5) is 0 Å². The third kappa shape index (κ3) is 4.06. The van der Waals surface area contributed by atoms with Crippen LogP contribution in [0.3, 0.4) is 0 Å². The molecule has 1 aliphatic rings. The second kappa shape index (κ2) is 7.29. The summed E-state index contributed by atoms with van der Waals surface area (Å²) in [6, 6.07) is 0. The van der Waals surface area contributed by atoms with Gasteiger partial charge < -0.3 is 9.47 Å². The largest absolute Gasteiger partial charge is 0.381 e. The van der Waals surface area contributed by atoms with Crippen molar-refractivity contribution in [2.75, 3.05) is 13.7 Å². The lowest BCUT2D eigenvalue weighted by molar-refractivity contribution is -0.0735. The number of ether oxygens (including phenoxy) is 2. The molecule has 4 atom stereocenters. The highest BCUT2D eigenvalue weighted by Gasteiger charge is 2.33. The van der Waals surface area contributed by atoms with Crippen molar-refractivity contribution in [2.24, 2.45) is 11.8 Å². The smallest absolute Gasteiger partial charge is 0.0605 e. The van der Waals surface area contributed by atoms with E-state index >= 15 is 0 Å². The lowest BCUT2D eigenvalue weighted by Gasteiger charge is -2.37. The summed E-state index contributed by atoms with van der Waals surface area (Å²) in [6.45, 7) is 7.74. The monoisotopic (exact) mass is 228 g/mol. The van der Waals surface area contributed by atoms with E-state index in [4.69, 9.17) is 9.47 Å². The van der Waals surface area contributed by atoms with Crippen molar-refractivity contribution in [3.05, 3.63) is 0 Å². The first-order valence-corrected chi connectivity index (χ1v) is 6.83. The third-order valence-corrected chi connectivity index (χ3v) is 3.86. The summed E-state index contributed by atoms with van der Waals surface area (Å²) < 4.78 is 11.5. The fourth-order valence-corrected chi connectivity index (χ4v) is 2.65. The fraction of sp³-hybridized carbons (Fsp3) is 1.00. The Balaban J connectivity index is 2.27. The van der Waals surface area contributed by atoms with Crippen LogP contribution in [-0.4, -0.2) is 25.9 Å². The van der Waals surface area contributed by atoms with Crippen molar-refractivity contribution in [1.29, 1.82) is 0 Å². The Bertz CT molecular complexity index is 182. The van der Waals surface area contributed by atoms with Gasteiger partial charge in [-0.15, -0.1) is 0 Å². The fourth-order valence-electron chi connectivity index (χ4n) is 2.65. The van der Waals surface area contributed by atoms with E-state index in [9.17, 15) is 0 Å². The summed E-state index contributed by atoms with van der Waals surface area (Å²) in [5.74, 6) is 1.28. The molecule has 0 radical (unpaired) electrons. The zero-order valence-electron chi connectivity index (χ0n) is 11.4. The summed E-state index contributed by atoms with van der Waals surface area (Å²) in [4.78, 5) is 0. The minimum atomic E-state index is 0.436. The molecule has 1 fully saturated rings. The van der Waals surface area contributed by atoms with Crippen LogP contribution in [0.25, 0.3) is 0 Å². The average molecular weight is 228 g/mol. The molecular weight excluding hydrogens is 200 g/mol. The van der Waals surface area contributed by atoms with Gasteiger partial charge in [0.25, 0.3) is 0 Å². The molecule has 0 heterocycles. The van der Waals surface area contributed by atoms with Gasteiger partial charge in [0, 0.05) is 13.7 Å². The van der Waals surface area contributed by atoms with Gasteiger partial charge in [0.05, 0.1) is 12.2 Å². The molecule has 0 saturated heterocycles. The topological polar surface area (TPSA) is 18.5 Å². The van der Waals surface area contributed by atoms with Crippen molar-refractivity contribution < 1.29 is 9.47 Å². The molecule has 0 aromatic rings. The highest BCUT2D eigenvalue weighted by atomic mass is 16.5. The number of hydrogen-bond acceptors (Lipinski definition) is 2. The zero-order valence-corrected chi connectivity index (χ0v) is 11.4. The molecule has 0 N–H and O–H groups in total. The van der Waals surface area contributed by atoms with Gasteiger partial charge >= 0.3 is 0 Å². The van der Waals surface area contributed by atoms with E-state index in [1.54, 1.807) is 0 Å². The highest BCUT2D eigenvalue weighted by Crippen LogP contribution is 2.32. The van der Waals surface area contributed by atoms with Gasteiger partial charge in [-0.3, -0.25) is 0 Å². The molecule has 1 saturated carbocycles. The lowest BCUT2D eigenvalue weighted by atomic mass is 9.79. The first kappa shape index (κ1) is 14.0. The zero-order chi connectivity index (χ0) is 12.0. The summed E-state index contributed by atoms with van der Waals surface area (Å²) in [5.41, 5.74) is 0. The van der Waals surface area contributed by atoms with Crippen molar-refractivity contribution in [2.45, 2.75) is 65.1 Å². The van der Waals surface area contributed by atoms with Gasteiger partial charge in [0.2, 0.25) is 0 Å². The van der Waals surface area contributed by atoms with E-state index in [1.807, 2.05) is 7.11 Å². The molecule has 0 aliphatic heterocycles. The van der Waals surface area contributed by atoms with Gasteiger partial charge in [-0.25, -0.2) is 0 Å². The quantitative estimate of drug-likeness (QED) is 0.646. The minimum absolute atomic E-state index is 0.436. The van der Waals surface area contributed by atoms with Crippen LogP contribution < -0.4 is 0 Å². The van der Waals surface area contributed by atoms with Gasteiger partial charge in [-0.1, -0.05) is 33.6 Å². The minimum Gasteiger partial charge on any atom is -0.381 e. The van der Waals surface area contributed by atoms with Gasteiger partial charge in [-0.05, 0) is 31.1 Å². The second-order valence-electron chi connectivity index (χ2n) is 5.32. The second-order valence-corrected chi connectivity index (χ2v) is 5.32. The molecule has 96 valence electrons. The van der Waals surface area contributed by atoms with E-state index in [2.05, 4.69) is 20.8 Å². The van der Waals surface area contributed by atoms with Crippen LogP contribution in [0.1, 0.15) is 52.9 Å². The maximum Gasteiger partial charge on any atom is 0.0605 e. The highest BCUT2D eigenvalue weighted by molar-refractivity contribution is 4.83. The van der Waals surface area contributed by atoms with E-state index in [1.165, 1.54) is 19.3 Å². The van der Waals surface area contributed by atoms with E-state index in [-0.39, 0.29) is 0 Å². The first-order valence-electron chi connectivity index (χ1n) is 6.83. The van der Waals surface area contributed by atoms with Gasteiger partial charge in [-0.2, -0.15) is 0 Å². The molecule has 0 amide bonds. The Kier molecular flexibility index (Phi) is 6.37. The number of hydrogen-bond donors (Lipinski definition) is 0.